The fourth-order valence-corrected chi connectivity index (χ4v) is 6.24. The molecule has 0 aliphatic rings. The molecule has 0 fully saturated rings. The van der Waals surface area contributed by atoms with Crippen LogP contribution in [0.5, 0.6) is 0 Å². The summed E-state index contributed by atoms with van der Waals surface area (Å²) in [5.41, 5.74) is 0. The number of nitrogens with zero attached hydrogens (tertiary/aromatic N) is 1. The van der Waals surface area contributed by atoms with Crippen LogP contribution in [-0.2, 0) is 27.9 Å². The van der Waals surface area contributed by atoms with Gasteiger partial charge in [0.1, 0.15) is 19.8 Å². The van der Waals surface area contributed by atoms with Gasteiger partial charge >= 0.3 is 13.8 Å². The molecule has 53 heavy (non-hydrogen) atoms. The van der Waals surface area contributed by atoms with Crippen molar-refractivity contribution in [3.63, 3.8) is 0 Å². The molecule has 0 aromatic rings. The van der Waals surface area contributed by atoms with Crippen molar-refractivity contribution >= 4 is 13.8 Å². The second-order valence-electron chi connectivity index (χ2n) is 15.4. The van der Waals surface area contributed by atoms with Crippen LogP contribution in [0.1, 0.15) is 174 Å². The maximum atomic E-state index is 12.5. The summed E-state index contributed by atoms with van der Waals surface area (Å²) in [4.78, 5) is 22.6. The number of ether oxygens (including phenoxy) is 2. The third-order valence-electron chi connectivity index (χ3n) is 8.95. The van der Waals surface area contributed by atoms with Crippen molar-refractivity contribution in [2.45, 2.75) is 180 Å². The number of phosphoric ester groups is 1. The summed E-state index contributed by atoms with van der Waals surface area (Å²) in [6.45, 7) is 4.84. The molecule has 8 nitrogen and oxygen atoms in total. The highest BCUT2D eigenvalue weighted by Gasteiger charge is 2.25. The standard InChI is InChI=1S/C44H82NO7P/c1-6-8-10-12-14-16-18-20-22-24-26-28-30-32-34-36-39-49-43(42-52-53(47,48)51-40-38-45(3,4)5)41-50-44(46)37-35-33-31-29-27-25-23-21-19-17-15-13-11-9-7-2/h15-18,21,23,36,39,43H,6-14,19-20,22,24-35,37-38,40-42H2,1-5H3/p+1/b17-15-,18-16-,23-21-,39-36-. The first-order valence-electron chi connectivity index (χ1n) is 21.4. The summed E-state index contributed by atoms with van der Waals surface area (Å²) in [6, 6.07) is 0. The van der Waals surface area contributed by atoms with Crippen molar-refractivity contribution in [2.24, 2.45) is 0 Å². The van der Waals surface area contributed by atoms with Gasteiger partial charge in [0.15, 0.2) is 6.10 Å². The highest BCUT2D eigenvalue weighted by molar-refractivity contribution is 7.47. The van der Waals surface area contributed by atoms with Gasteiger partial charge in [-0.05, 0) is 83.1 Å². The van der Waals surface area contributed by atoms with Gasteiger partial charge in [-0.1, -0.05) is 127 Å². The smallest absolute Gasteiger partial charge is 0.472 e. The molecule has 2 atom stereocenters. The number of phosphoric acid groups is 1. The fraction of sp³-hybridized carbons (Fsp3) is 0.795. The van der Waals surface area contributed by atoms with E-state index >= 15 is 0 Å². The largest absolute Gasteiger partial charge is 0.492 e. The zero-order chi connectivity index (χ0) is 39.1. The molecule has 0 aliphatic carbocycles. The molecule has 0 amide bonds. The normalized spacial score (nSPS) is 14.2. The third-order valence-corrected chi connectivity index (χ3v) is 9.94. The Morgan fingerprint density at radius 1 is 0.604 bits per heavy atom. The van der Waals surface area contributed by atoms with E-state index in [1.165, 1.54) is 103 Å². The molecule has 0 aromatic heterocycles. The van der Waals surface area contributed by atoms with Gasteiger partial charge in [0.05, 0.1) is 34.0 Å². The molecular formula is C44H83NO7P+. The molecule has 9 heteroatoms. The van der Waals surface area contributed by atoms with E-state index in [9.17, 15) is 14.3 Å². The highest BCUT2D eigenvalue weighted by atomic mass is 31.2. The molecular weight excluding hydrogens is 685 g/mol. The number of quaternary nitrogens is 1. The van der Waals surface area contributed by atoms with Gasteiger partial charge in [0.2, 0.25) is 0 Å². The summed E-state index contributed by atoms with van der Waals surface area (Å²) < 4.78 is 34.7. The summed E-state index contributed by atoms with van der Waals surface area (Å²) in [6.07, 6.45) is 45.2. The molecule has 0 aliphatic heterocycles. The van der Waals surface area contributed by atoms with Crippen molar-refractivity contribution in [3.05, 3.63) is 48.8 Å². The monoisotopic (exact) mass is 769 g/mol. The van der Waals surface area contributed by atoms with Crippen molar-refractivity contribution in [3.8, 4) is 0 Å². The molecule has 0 heterocycles. The van der Waals surface area contributed by atoms with E-state index in [0.717, 1.165) is 51.4 Å². The van der Waals surface area contributed by atoms with Gasteiger partial charge in [0, 0.05) is 6.42 Å². The molecule has 0 spiro atoms. The first-order valence-corrected chi connectivity index (χ1v) is 22.9. The molecule has 310 valence electrons. The van der Waals surface area contributed by atoms with Gasteiger partial charge in [0.25, 0.3) is 0 Å². The summed E-state index contributed by atoms with van der Waals surface area (Å²) in [5, 5.41) is 0. The summed E-state index contributed by atoms with van der Waals surface area (Å²) in [7, 11) is 1.66. The van der Waals surface area contributed by atoms with Crippen LogP contribution in [0.4, 0.5) is 0 Å². The van der Waals surface area contributed by atoms with Gasteiger partial charge in [-0.3, -0.25) is 13.8 Å². The number of carbonyl (C=O) groups excluding carboxylic acids is 1. The lowest BCUT2D eigenvalue weighted by Gasteiger charge is -2.24. The lowest BCUT2D eigenvalue weighted by atomic mass is 10.1. The Morgan fingerprint density at radius 2 is 1.06 bits per heavy atom. The highest BCUT2D eigenvalue weighted by Crippen LogP contribution is 2.43. The van der Waals surface area contributed by atoms with Crippen LogP contribution in [0, 0.1) is 0 Å². The number of unbranched alkanes of at least 4 members (excludes halogenated alkanes) is 19. The second kappa shape index (κ2) is 37.2. The van der Waals surface area contributed by atoms with Crippen molar-refractivity contribution in [2.75, 3.05) is 47.5 Å². The van der Waals surface area contributed by atoms with Gasteiger partial charge in [-0.25, -0.2) is 4.57 Å². The maximum Gasteiger partial charge on any atom is 0.472 e. The van der Waals surface area contributed by atoms with Crippen molar-refractivity contribution in [1.82, 2.24) is 0 Å². The molecule has 0 rings (SSSR count). The summed E-state index contributed by atoms with van der Waals surface area (Å²) in [5.74, 6) is -0.293. The minimum absolute atomic E-state index is 0.0592. The molecule has 0 radical (unpaired) electrons. The average molecular weight is 769 g/mol. The SMILES string of the molecule is CCCCC/C=C\C/C=C\CCCCCCCC(=O)OCC(COP(=O)(O)OCC[N+](C)(C)C)O/C=C\CCCCCCCC/C=C\CCCCCC. The number of likely N-dealkylation sites (N-methyl/N-ethyl adjacent to an activating group) is 1. The Kier molecular flexibility index (Phi) is 36.0. The number of allylic oxidation sites excluding steroid dienone is 7. The Hall–Kier alpha value is -1.70. The topological polar surface area (TPSA) is 91.3 Å². The molecule has 1 N–H and O–H groups in total. The van der Waals surface area contributed by atoms with Crippen LogP contribution < -0.4 is 0 Å². The first kappa shape index (κ1) is 51.3. The van der Waals surface area contributed by atoms with Crippen LogP contribution >= 0.6 is 7.82 Å². The molecule has 0 saturated carbocycles. The number of hydrogen-bond acceptors (Lipinski definition) is 6. The number of esters is 1. The number of rotatable bonds is 39. The van der Waals surface area contributed by atoms with Gasteiger partial charge < -0.3 is 18.9 Å². The predicted molar refractivity (Wildman–Crippen MR) is 224 cm³/mol. The van der Waals surface area contributed by atoms with Crippen LogP contribution in [0.3, 0.4) is 0 Å². The molecule has 0 saturated heterocycles. The third kappa shape index (κ3) is 41.3. The zero-order valence-corrected chi connectivity index (χ0v) is 35.9. The van der Waals surface area contributed by atoms with E-state index in [4.69, 9.17) is 18.5 Å². The first-order chi connectivity index (χ1) is 25.6. The van der Waals surface area contributed by atoms with Crippen LogP contribution in [-0.4, -0.2) is 69.0 Å². The quantitative estimate of drug-likeness (QED) is 0.0166. The molecule has 0 aromatic carbocycles. The van der Waals surface area contributed by atoms with Crippen molar-refractivity contribution < 1.29 is 37.3 Å². The van der Waals surface area contributed by atoms with E-state index in [2.05, 4.69) is 50.3 Å². The minimum Gasteiger partial charge on any atom is -0.492 e. The van der Waals surface area contributed by atoms with Crippen LogP contribution in [0.25, 0.3) is 0 Å². The van der Waals surface area contributed by atoms with E-state index < -0.39 is 13.9 Å². The Morgan fingerprint density at radius 3 is 1.60 bits per heavy atom. The van der Waals surface area contributed by atoms with Crippen LogP contribution in [0.15, 0.2) is 48.8 Å². The molecule has 0 bridgehead atoms. The minimum atomic E-state index is -4.27. The maximum absolute atomic E-state index is 12.5. The predicted octanol–water partition coefficient (Wildman–Crippen LogP) is 12.7. The lowest BCUT2D eigenvalue weighted by Crippen LogP contribution is -2.37. The average Bonchev–Trinajstić information content (AvgIpc) is 3.11. The van der Waals surface area contributed by atoms with E-state index in [1.807, 2.05) is 27.2 Å². The van der Waals surface area contributed by atoms with E-state index in [0.29, 0.717) is 17.4 Å². The van der Waals surface area contributed by atoms with E-state index in [1.54, 1.807) is 6.26 Å². The number of carbonyl (C=O) groups is 1. The fourth-order valence-electron chi connectivity index (χ4n) is 5.50. The Labute approximate surface area is 327 Å². The Balaban J connectivity index is 4.34. The van der Waals surface area contributed by atoms with E-state index in [-0.39, 0.29) is 25.8 Å². The molecule has 2 unspecified atom stereocenters. The Bertz CT molecular complexity index is 989. The van der Waals surface area contributed by atoms with Crippen LogP contribution in [0.2, 0.25) is 0 Å². The van der Waals surface area contributed by atoms with Gasteiger partial charge in [-0.2, -0.15) is 0 Å². The number of hydrogen-bond donors (Lipinski definition) is 1. The summed E-state index contributed by atoms with van der Waals surface area (Å²) >= 11 is 0. The zero-order valence-electron chi connectivity index (χ0n) is 35.0. The van der Waals surface area contributed by atoms with Crippen molar-refractivity contribution in [1.29, 1.82) is 0 Å². The second-order valence-corrected chi connectivity index (χ2v) is 16.9. The van der Waals surface area contributed by atoms with Gasteiger partial charge in [-0.15, -0.1) is 0 Å². The lowest BCUT2D eigenvalue weighted by molar-refractivity contribution is -0.870.